The molecule has 3 N–H and O–H groups in total. The first-order valence-electron chi connectivity index (χ1n) is 4.73. The average Bonchev–Trinajstić information content (AvgIpc) is 2.73. The van der Waals surface area contributed by atoms with E-state index in [1.807, 2.05) is 0 Å². The summed E-state index contributed by atoms with van der Waals surface area (Å²) >= 11 is 5.74. The lowest BCUT2D eigenvalue weighted by molar-refractivity contribution is -0.143. The summed E-state index contributed by atoms with van der Waals surface area (Å²) in [6.45, 7) is 0. The van der Waals surface area contributed by atoms with Crippen molar-refractivity contribution in [1.82, 2.24) is 9.78 Å². The molecule has 1 fully saturated rings. The third-order valence-corrected chi connectivity index (χ3v) is 3.09. The Morgan fingerprint density at radius 2 is 2.53 bits per heavy atom. The van der Waals surface area contributed by atoms with E-state index in [9.17, 15) is 4.79 Å². The maximum Gasteiger partial charge on any atom is 0.323 e. The molecule has 0 amide bonds. The van der Waals surface area contributed by atoms with Gasteiger partial charge < -0.3 is 10.8 Å². The standard InChI is InChI=1S/C9H12ClN3O2/c10-6-4-12-13(5-6)7-1-2-9(11,3-7)8(14)15/h4-5,7H,1-3,11H2,(H,14,15). The van der Waals surface area contributed by atoms with E-state index in [1.165, 1.54) is 0 Å². The number of aliphatic carboxylic acids is 1. The summed E-state index contributed by atoms with van der Waals surface area (Å²) < 4.78 is 1.69. The smallest absolute Gasteiger partial charge is 0.323 e. The molecule has 5 nitrogen and oxygen atoms in total. The average molecular weight is 230 g/mol. The lowest BCUT2D eigenvalue weighted by Crippen LogP contribution is -2.45. The molecule has 0 spiro atoms. The molecule has 1 aliphatic carbocycles. The van der Waals surface area contributed by atoms with E-state index in [1.54, 1.807) is 17.1 Å². The van der Waals surface area contributed by atoms with Gasteiger partial charge in [-0.2, -0.15) is 5.10 Å². The molecule has 1 aliphatic rings. The van der Waals surface area contributed by atoms with Gasteiger partial charge in [-0.3, -0.25) is 9.48 Å². The molecule has 2 rings (SSSR count). The molecule has 15 heavy (non-hydrogen) atoms. The minimum atomic E-state index is -1.11. The Hall–Kier alpha value is -1.07. The highest BCUT2D eigenvalue weighted by atomic mass is 35.5. The zero-order chi connectivity index (χ0) is 11.1. The van der Waals surface area contributed by atoms with E-state index in [0.717, 1.165) is 6.42 Å². The first-order chi connectivity index (χ1) is 7.01. The Morgan fingerprint density at radius 1 is 1.80 bits per heavy atom. The van der Waals surface area contributed by atoms with Gasteiger partial charge in [0, 0.05) is 6.20 Å². The normalized spacial score (nSPS) is 30.7. The van der Waals surface area contributed by atoms with Crippen molar-refractivity contribution in [2.45, 2.75) is 30.8 Å². The number of carbonyl (C=O) groups is 1. The summed E-state index contributed by atoms with van der Waals surface area (Å²) in [5.74, 6) is -0.941. The highest BCUT2D eigenvalue weighted by Gasteiger charge is 2.43. The van der Waals surface area contributed by atoms with Gasteiger partial charge >= 0.3 is 5.97 Å². The van der Waals surface area contributed by atoms with Crippen molar-refractivity contribution in [2.75, 3.05) is 0 Å². The number of halogens is 1. The molecule has 1 heterocycles. The minimum Gasteiger partial charge on any atom is -0.480 e. The predicted molar refractivity (Wildman–Crippen MR) is 54.7 cm³/mol. The topological polar surface area (TPSA) is 81.1 Å². The quantitative estimate of drug-likeness (QED) is 0.794. The van der Waals surface area contributed by atoms with Gasteiger partial charge in [0.2, 0.25) is 0 Å². The van der Waals surface area contributed by atoms with Crippen LogP contribution in [0.25, 0.3) is 0 Å². The van der Waals surface area contributed by atoms with Gasteiger partial charge in [-0.05, 0) is 19.3 Å². The van der Waals surface area contributed by atoms with Crippen LogP contribution in [0.5, 0.6) is 0 Å². The largest absolute Gasteiger partial charge is 0.480 e. The van der Waals surface area contributed by atoms with Crippen molar-refractivity contribution >= 4 is 17.6 Å². The van der Waals surface area contributed by atoms with E-state index in [0.29, 0.717) is 17.9 Å². The number of nitrogens with zero attached hydrogens (tertiary/aromatic N) is 2. The van der Waals surface area contributed by atoms with Crippen molar-refractivity contribution in [1.29, 1.82) is 0 Å². The molecule has 0 aromatic carbocycles. The molecule has 82 valence electrons. The maximum absolute atomic E-state index is 10.9. The lowest BCUT2D eigenvalue weighted by atomic mass is 9.99. The summed E-state index contributed by atoms with van der Waals surface area (Å²) in [6.07, 6.45) is 4.84. The van der Waals surface area contributed by atoms with Gasteiger partial charge in [-0.25, -0.2) is 0 Å². The Labute approximate surface area is 91.8 Å². The molecule has 1 saturated carbocycles. The maximum atomic E-state index is 10.9. The summed E-state index contributed by atoms with van der Waals surface area (Å²) in [5.41, 5.74) is 4.65. The number of hydrogen-bond donors (Lipinski definition) is 2. The molecule has 0 bridgehead atoms. The first kappa shape index (κ1) is 10.4. The molecule has 2 unspecified atom stereocenters. The van der Waals surface area contributed by atoms with E-state index in [2.05, 4.69) is 5.10 Å². The second kappa shape index (κ2) is 3.50. The van der Waals surface area contributed by atoms with Crippen LogP contribution in [0, 0.1) is 0 Å². The summed E-state index contributed by atoms with van der Waals surface area (Å²) in [4.78, 5) is 10.9. The predicted octanol–water partition coefficient (Wildman–Crippen LogP) is 1.04. The Morgan fingerprint density at radius 3 is 3.00 bits per heavy atom. The summed E-state index contributed by atoms with van der Waals surface area (Å²) in [7, 11) is 0. The molecule has 1 aromatic rings. The Balaban J connectivity index is 2.14. The number of nitrogens with two attached hydrogens (primary N) is 1. The molecular weight excluding hydrogens is 218 g/mol. The van der Waals surface area contributed by atoms with Gasteiger partial charge in [0.25, 0.3) is 0 Å². The molecule has 2 atom stereocenters. The van der Waals surface area contributed by atoms with E-state index >= 15 is 0 Å². The number of rotatable bonds is 2. The highest BCUT2D eigenvalue weighted by Crippen LogP contribution is 2.36. The van der Waals surface area contributed by atoms with Gasteiger partial charge in [-0.1, -0.05) is 11.6 Å². The fourth-order valence-electron chi connectivity index (χ4n) is 1.98. The summed E-state index contributed by atoms with van der Waals surface area (Å²) in [5, 5.41) is 13.6. The van der Waals surface area contributed by atoms with Crippen LogP contribution in [0.2, 0.25) is 5.02 Å². The highest BCUT2D eigenvalue weighted by molar-refractivity contribution is 6.30. The Bertz CT molecular complexity index is 392. The van der Waals surface area contributed by atoms with Crippen LogP contribution in [-0.2, 0) is 4.79 Å². The minimum absolute atomic E-state index is 0.0404. The third-order valence-electron chi connectivity index (χ3n) is 2.89. The van der Waals surface area contributed by atoms with Crippen molar-refractivity contribution in [3.63, 3.8) is 0 Å². The molecule has 6 heteroatoms. The SMILES string of the molecule is NC1(C(=O)O)CCC(n2cc(Cl)cn2)C1. The Kier molecular flexibility index (Phi) is 2.44. The van der Waals surface area contributed by atoms with Crippen LogP contribution in [0.3, 0.4) is 0 Å². The first-order valence-corrected chi connectivity index (χ1v) is 5.11. The van der Waals surface area contributed by atoms with Gasteiger partial charge in [0.15, 0.2) is 0 Å². The second-order valence-electron chi connectivity index (χ2n) is 4.00. The van der Waals surface area contributed by atoms with Crippen LogP contribution < -0.4 is 5.73 Å². The number of carboxylic acids is 1. The van der Waals surface area contributed by atoms with Gasteiger partial charge in [0.05, 0.1) is 17.3 Å². The third kappa shape index (κ3) is 1.85. The fourth-order valence-corrected chi connectivity index (χ4v) is 2.13. The van der Waals surface area contributed by atoms with Crippen LogP contribution in [-0.4, -0.2) is 26.4 Å². The number of carboxylic acid groups (broad SMARTS) is 1. The van der Waals surface area contributed by atoms with Crippen molar-refractivity contribution in [2.24, 2.45) is 5.73 Å². The van der Waals surface area contributed by atoms with Crippen LogP contribution in [0.4, 0.5) is 0 Å². The van der Waals surface area contributed by atoms with E-state index in [4.69, 9.17) is 22.4 Å². The van der Waals surface area contributed by atoms with Crippen LogP contribution in [0.1, 0.15) is 25.3 Å². The molecule has 0 radical (unpaired) electrons. The van der Waals surface area contributed by atoms with E-state index in [-0.39, 0.29) is 6.04 Å². The molecule has 0 aliphatic heterocycles. The number of aromatic nitrogens is 2. The van der Waals surface area contributed by atoms with Gasteiger partial charge in [0.1, 0.15) is 5.54 Å². The van der Waals surface area contributed by atoms with Crippen LogP contribution >= 0.6 is 11.6 Å². The number of hydrogen-bond acceptors (Lipinski definition) is 3. The van der Waals surface area contributed by atoms with E-state index < -0.39 is 11.5 Å². The van der Waals surface area contributed by atoms with Crippen molar-refractivity contribution < 1.29 is 9.90 Å². The second-order valence-corrected chi connectivity index (χ2v) is 4.43. The zero-order valence-corrected chi connectivity index (χ0v) is 8.81. The fraction of sp³-hybridized carbons (Fsp3) is 0.556. The van der Waals surface area contributed by atoms with Crippen molar-refractivity contribution in [3.05, 3.63) is 17.4 Å². The monoisotopic (exact) mass is 229 g/mol. The molecule has 1 aromatic heterocycles. The summed E-state index contributed by atoms with van der Waals surface area (Å²) in [6, 6.07) is 0.0404. The van der Waals surface area contributed by atoms with Gasteiger partial charge in [-0.15, -0.1) is 0 Å². The zero-order valence-electron chi connectivity index (χ0n) is 8.06. The van der Waals surface area contributed by atoms with Crippen LogP contribution in [0.15, 0.2) is 12.4 Å². The molecule has 0 saturated heterocycles. The van der Waals surface area contributed by atoms with Crippen molar-refractivity contribution in [3.8, 4) is 0 Å². The molecular formula is C9H12ClN3O2. The lowest BCUT2D eigenvalue weighted by Gasteiger charge is -2.18.